The molecule has 0 atom stereocenters. The van der Waals surface area contributed by atoms with Crippen LogP contribution in [0.5, 0.6) is 0 Å². The van der Waals surface area contributed by atoms with Gasteiger partial charge >= 0.3 is 23.9 Å². The molecule has 6 nitrogen and oxygen atoms in total. The fourth-order valence-electron chi connectivity index (χ4n) is 1.71. The number of carbonyl (C=O) groups excluding carboxylic acids is 1. The second-order valence-electron chi connectivity index (χ2n) is 4.94. The van der Waals surface area contributed by atoms with Crippen LogP contribution < -0.4 is 5.32 Å². The molecule has 0 unspecified atom stereocenters. The minimum absolute atomic E-state index is 0.0242. The van der Waals surface area contributed by atoms with Crippen molar-refractivity contribution < 1.29 is 40.5 Å². The third kappa shape index (κ3) is 3.84. The van der Waals surface area contributed by atoms with Gasteiger partial charge in [-0.2, -0.15) is 30.7 Å². The normalized spacial score (nSPS) is 12.7. The molecule has 1 aromatic carbocycles. The SMILES string of the molecule is O=C(Nc1nc(-c2ccc([N+](=O)[O-])cc2)cs1)C(F)(F)C(F)(F)C(F)(F)F. The van der Waals surface area contributed by atoms with E-state index in [1.54, 1.807) is 0 Å². The Morgan fingerprint density at radius 3 is 2.11 bits per heavy atom. The van der Waals surface area contributed by atoms with E-state index in [-0.39, 0.29) is 16.9 Å². The number of alkyl halides is 7. The molecule has 1 N–H and O–H groups in total. The molecular weight excluding hydrogens is 411 g/mol. The summed E-state index contributed by atoms with van der Waals surface area (Å²) in [6.07, 6.45) is -6.64. The lowest BCUT2D eigenvalue weighted by molar-refractivity contribution is -0.384. The Bertz CT molecular complexity index is 865. The van der Waals surface area contributed by atoms with E-state index in [0.717, 1.165) is 12.1 Å². The second-order valence-corrected chi connectivity index (χ2v) is 5.80. The second kappa shape index (κ2) is 6.75. The molecule has 0 radical (unpaired) electrons. The number of aromatic nitrogens is 1. The number of carbonyl (C=O) groups is 1. The molecule has 0 aliphatic heterocycles. The third-order valence-corrected chi connectivity index (χ3v) is 3.89. The summed E-state index contributed by atoms with van der Waals surface area (Å²) in [4.78, 5) is 24.7. The van der Waals surface area contributed by atoms with E-state index in [1.165, 1.54) is 22.8 Å². The van der Waals surface area contributed by atoms with Crippen LogP contribution in [0.2, 0.25) is 0 Å². The number of amides is 1. The van der Waals surface area contributed by atoms with Crippen molar-refractivity contribution in [3.05, 3.63) is 39.8 Å². The first-order valence-corrected chi connectivity index (χ1v) is 7.49. The predicted molar refractivity (Wildman–Crippen MR) is 78.8 cm³/mol. The number of rotatable bonds is 5. The van der Waals surface area contributed by atoms with Gasteiger partial charge in [-0.15, -0.1) is 11.3 Å². The van der Waals surface area contributed by atoms with Gasteiger partial charge in [0.25, 0.3) is 5.69 Å². The Morgan fingerprint density at radius 1 is 1.07 bits per heavy atom. The lowest BCUT2D eigenvalue weighted by Crippen LogP contribution is -2.57. The number of thiazole rings is 1. The number of nitrogens with one attached hydrogen (secondary N) is 1. The molecule has 2 rings (SSSR count). The number of halogens is 7. The zero-order valence-corrected chi connectivity index (χ0v) is 13.4. The standard InChI is InChI=1S/C13H6F7N3O3S/c14-11(15,12(16,17)13(18,19)20)9(24)22-10-21-8(5-27-10)6-1-3-7(4-2-6)23(25)26/h1-5H,(H,21,22,24). The van der Waals surface area contributed by atoms with E-state index < -0.39 is 34.0 Å². The molecule has 1 heterocycles. The Hall–Kier alpha value is -2.77. The fraction of sp³-hybridized carbons (Fsp3) is 0.231. The highest BCUT2D eigenvalue weighted by Crippen LogP contribution is 2.47. The first-order chi connectivity index (χ1) is 12.3. The van der Waals surface area contributed by atoms with Gasteiger partial charge in [-0.1, -0.05) is 0 Å². The Kier molecular flexibility index (Phi) is 5.14. The number of non-ortho nitro benzene ring substituents is 1. The molecule has 0 aliphatic carbocycles. The average Bonchev–Trinajstić information content (AvgIpc) is 3.02. The zero-order valence-electron chi connectivity index (χ0n) is 12.6. The van der Waals surface area contributed by atoms with Crippen molar-refractivity contribution >= 4 is 28.1 Å². The molecule has 14 heteroatoms. The molecule has 0 aliphatic rings. The van der Waals surface area contributed by atoms with E-state index in [1.807, 2.05) is 0 Å². The van der Waals surface area contributed by atoms with Gasteiger partial charge in [0.05, 0.1) is 10.6 Å². The van der Waals surface area contributed by atoms with E-state index in [0.29, 0.717) is 11.3 Å². The number of nitrogens with zero attached hydrogens (tertiary/aromatic N) is 2. The summed E-state index contributed by atoms with van der Waals surface area (Å²) in [5.41, 5.74) is 0.0253. The Labute approximate surface area is 148 Å². The van der Waals surface area contributed by atoms with Crippen LogP contribution >= 0.6 is 11.3 Å². The molecule has 0 bridgehead atoms. The Morgan fingerprint density at radius 2 is 1.63 bits per heavy atom. The van der Waals surface area contributed by atoms with Gasteiger partial charge < -0.3 is 0 Å². The highest BCUT2D eigenvalue weighted by atomic mass is 32.1. The molecule has 27 heavy (non-hydrogen) atoms. The van der Waals surface area contributed by atoms with Gasteiger partial charge in [0, 0.05) is 23.1 Å². The third-order valence-electron chi connectivity index (χ3n) is 3.13. The van der Waals surface area contributed by atoms with Gasteiger partial charge in [0.1, 0.15) is 0 Å². The first-order valence-electron chi connectivity index (χ1n) is 6.61. The molecule has 0 saturated heterocycles. The van der Waals surface area contributed by atoms with Crippen molar-refractivity contribution in [3.63, 3.8) is 0 Å². The summed E-state index contributed by atoms with van der Waals surface area (Å²) in [7, 11) is 0. The largest absolute Gasteiger partial charge is 0.460 e. The average molecular weight is 417 g/mol. The molecule has 146 valence electrons. The van der Waals surface area contributed by atoms with Crippen LogP contribution in [0.4, 0.5) is 41.6 Å². The van der Waals surface area contributed by atoms with Gasteiger partial charge in [-0.25, -0.2) is 4.98 Å². The summed E-state index contributed by atoms with van der Waals surface area (Å²) < 4.78 is 88.4. The molecular formula is C13H6F7N3O3S. The van der Waals surface area contributed by atoms with Crippen LogP contribution in [0, 0.1) is 10.1 Å². The van der Waals surface area contributed by atoms with Gasteiger partial charge in [-0.05, 0) is 12.1 Å². The monoisotopic (exact) mass is 417 g/mol. The van der Waals surface area contributed by atoms with Crippen LogP contribution in [-0.4, -0.2) is 33.8 Å². The molecule has 1 aromatic heterocycles. The minimum Gasteiger partial charge on any atom is -0.296 e. The smallest absolute Gasteiger partial charge is 0.296 e. The molecule has 1 amide bonds. The number of hydrogen-bond donors (Lipinski definition) is 1. The highest BCUT2D eigenvalue weighted by Gasteiger charge is 2.76. The lowest BCUT2D eigenvalue weighted by atomic mass is 10.1. The van der Waals surface area contributed by atoms with Crippen molar-refractivity contribution in [2.24, 2.45) is 0 Å². The number of hydrogen-bond acceptors (Lipinski definition) is 5. The van der Waals surface area contributed by atoms with Crippen LogP contribution in [-0.2, 0) is 4.79 Å². The molecule has 0 saturated carbocycles. The predicted octanol–water partition coefficient (Wildman–Crippen LogP) is 4.49. The maximum atomic E-state index is 13.3. The van der Waals surface area contributed by atoms with Crippen LogP contribution in [0.25, 0.3) is 11.3 Å². The van der Waals surface area contributed by atoms with E-state index in [4.69, 9.17) is 0 Å². The van der Waals surface area contributed by atoms with Crippen LogP contribution in [0.3, 0.4) is 0 Å². The van der Waals surface area contributed by atoms with E-state index >= 15 is 0 Å². The number of nitro groups is 1. The van der Waals surface area contributed by atoms with Crippen LogP contribution in [0.1, 0.15) is 0 Å². The summed E-state index contributed by atoms with van der Waals surface area (Å²) in [6.45, 7) is 0. The highest BCUT2D eigenvalue weighted by molar-refractivity contribution is 7.14. The quantitative estimate of drug-likeness (QED) is 0.441. The Balaban J connectivity index is 2.20. The summed E-state index contributed by atoms with van der Waals surface area (Å²) >= 11 is 0.481. The van der Waals surface area contributed by atoms with Crippen molar-refractivity contribution in [2.45, 2.75) is 18.0 Å². The molecule has 2 aromatic rings. The van der Waals surface area contributed by atoms with Crippen molar-refractivity contribution in [1.29, 1.82) is 0 Å². The summed E-state index contributed by atoms with van der Waals surface area (Å²) in [5.74, 6) is -15.5. The van der Waals surface area contributed by atoms with E-state index in [9.17, 15) is 45.6 Å². The summed E-state index contributed by atoms with van der Waals surface area (Å²) in [6, 6.07) is 4.69. The maximum Gasteiger partial charge on any atom is 0.460 e. The fourth-order valence-corrected chi connectivity index (χ4v) is 2.43. The van der Waals surface area contributed by atoms with Crippen molar-refractivity contribution in [3.8, 4) is 11.3 Å². The molecule has 0 fully saturated rings. The van der Waals surface area contributed by atoms with Gasteiger partial charge in [0.15, 0.2) is 5.13 Å². The number of nitro benzene ring substituents is 1. The van der Waals surface area contributed by atoms with Gasteiger partial charge in [0.2, 0.25) is 0 Å². The van der Waals surface area contributed by atoms with Crippen LogP contribution in [0.15, 0.2) is 29.6 Å². The summed E-state index contributed by atoms with van der Waals surface area (Å²) in [5, 5.41) is 12.3. The zero-order chi connectivity index (χ0) is 20.6. The van der Waals surface area contributed by atoms with Crippen molar-refractivity contribution in [1.82, 2.24) is 4.98 Å². The maximum absolute atomic E-state index is 13.3. The lowest BCUT2D eigenvalue weighted by Gasteiger charge is -2.26. The number of anilines is 1. The molecule has 0 spiro atoms. The van der Waals surface area contributed by atoms with Crippen molar-refractivity contribution in [2.75, 3.05) is 5.32 Å². The number of benzene rings is 1. The first kappa shape index (κ1) is 20.5. The van der Waals surface area contributed by atoms with E-state index in [2.05, 4.69) is 4.98 Å². The van der Waals surface area contributed by atoms with Gasteiger partial charge in [-0.3, -0.25) is 20.2 Å². The minimum atomic E-state index is -6.64. The topological polar surface area (TPSA) is 85.1 Å².